The summed E-state index contributed by atoms with van der Waals surface area (Å²) in [6.07, 6.45) is -0.987. The molecule has 4 aromatic rings. The lowest BCUT2D eigenvalue weighted by Crippen LogP contribution is -2.22. The Morgan fingerprint density at radius 1 is 1.28 bits per heavy atom. The number of carbonyl (C=O) groups excluding carboxylic acids is 1. The Bertz CT molecular complexity index is 1450. The Balaban J connectivity index is 1.39. The molecule has 10 nitrogen and oxygen atoms in total. The smallest absolute Gasteiger partial charge is 0.389 e. The van der Waals surface area contributed by atoms with Crippen LogP contribution in [-0.2, 0) is 18.4 Å². The van der Waals surface area contributed by atoms with E-state index in [1.165, 1.54) is 23.0 Å². The van der Waals surface area contributed by atoms with Crippen LogP contribution in [0.15, 0.2) is 42.9 Å². The first kappa shape index (κ1) is 23.9. The number of aromatic nitrogens is 5. The molecule has 1 aliphatic rings. The number of ketones is 1. The van der Waals surface area contributed by atoms with Gasteiger partial charge >= 0.3 is 6.18 Å². The van der Waals surface area contributed by atoms with Crippen LogP contribution in [-0.4, -0.2) is 65.7 Å². The van der Waals surface area contributed by atoms with E-state index in [1.807, 2.05) is 6.92 Å². The number of aliphatic hydroxyl groups excluding tert-OH is 1. The molecule has 0 unspecified atom stereocenters. The molecule has 1 fully saturated rings. The molecule has 1 aromatic carbocycles. The highest BCUT2D eigenvalue weighted by Gasteiger charge is 2.40. The second-order valence-corrected chi connectivity index (χ2v) is 8.53. The number of anilines is 2. The number of aryl methyl sites for hydroxylation is 2. The maximum absolute atomic E-state index is 13.1. The first-order chi connectivity index (χ1) is 17.1. The third-order valence-corrected chi connectivity index (χ3v) is 5.83. The molecule has 3 aromatic heterocycles. The van der Waals surface area contributed by atoms with Gasteiger partial charge in [0.15, 0.2) is 5.82 Å². The van der Waals surface area contributed by atoms with Gasteiger partial charge in [-0.05, 0) is 25.1 Å². The predicted octanol–water partition coefficient (Wildman–Crippen LogP) is 3.06. The van der Waals surface area contributed by atoms with Gasteiger partial charge in [-0.2, -0.15) is 28.3 Å². The van der Waals surface area contributed by atoms with Gasteiger partial charge in [-0.1, -0.05) is 0 Å². The molecule has 13 heteroatoms. The van der Waals surface area contributed by atoms with Crippen LogP contribution >= 0.6 is 0 Å². The monoisotopic (exact) mass is 501 g/mol. The molecular formula is C23H22F3N7O3. The minimum atomic E-state index is -4.98. The Morgan fingerprint density at radius 2 is 2.08 bits per heavy atom. The van der Waals surface area contributed by atoms with Crippen LogP contribution in [0.3, 0.4) is 0 Å². The number of benzene rings is 1. The number of hydrogen-bond donors (Lipinski definition) is 2. The molecule has 0 saturated carbocycles. The summed E-state index contributed by atoms with van der Waals surface area (Å²) >= 11 is 0. The normalized spacial score (nSPS) is 16.7. The van der Waals surface area contributed by atoms with E-state index < -0.39 is 23.6 Å². The van der Waals surface area contributed by atoms with Crippen LogP contribution in [0.1, 0.15) is 21.6 Å². The van der Waals surface area contributed by atoms with Crippen molar-refractivity contribution in [2.45, 2.75) is 25.7 Å². The molecule has 1 aliphatic heterocycles. The van der Waals surface area contributed by atoms with Crippen LogP contribution in [0.5, 0.6) is 0 Å². The number of β-amino-alcohol motifs (C(OH)–C–C–N with tert-alkyl or cyclic N) is 1. The van der Waals surface area contributed by atoms with Crippen molar-refractivity contribution < 1.29 is 27.9 Å². The van der Waals surface area contributed by atoms with Crippen molar-refractivity contribution in [2.24, 2.45) is 7.05 Å². The number of Topliss-reactive ketones (excluding diaryl/α,β-unsaturated/α-hetero) is 1. The molecule has 0 spiro atoms. The third-order valence-electron chi connectivity index (χ3n) is 5.83. The summed E-state index contributed by atoms with van der Waals surface area (Å²) in [6.45, 7) is 2.98. The minimum absolute atomic E-state index is 0.169. The number of carbonyl (C=O) groups is 1. The van der Waals surface area contributed by atoms with Gasteiger partial charge in [0.1, 0.15) is 0 Å². The zero-order chi connectivity index (χ0) is 25.6. The van der Waals surface area contributed by atoms with Crippen molar-refractivity contribution in [3.05, 3.63) is 59.7 Å². The molecule has 1 saturated heterocycles. The SMILES string of the molecule is Cc1nn(-c2ccnc(Nc3ccc4c(c3)c(C(=O)C(F)(F)F)cn4C)n2)cc1CN1C[C@H](O)CO1. The van der Waals surface area contributed by atoms with Crippen molar-refractivity contribution in [1.82, 2.24) is 29.4 Å². The van der Waals surface area contributed by atoms with E-state index in [1.54, 1.807) is 41.2 Å². The highest BCUT2D eigenvalue weighted by atomic mass is 19.4. The Kier molecular flexibility index (Phi) is 5.98. The first-order valence-corrected chi connectivity index (χ1v) is 11.0. The minimum Gasteiger partial charge on any atom is -0.389 e. The highest BCUT2D eigenvalue weighted by molar-refractivity contribution is 6.11. The van der Waals surface area contributed by atoms with Crippen LogP contribution < -0.4 is 5.32 Å². The van der Waals surface area contributed by atoms with Gasteiger partial charge in [0.05, 0.1) is 37.1 Å². The van der Waals surface area contributed by atoms with Gasteiger partial charge in [0.25, 0.3) is 5.78 Å². The number of halogens is 3. The van der Waals surface area contributed by atoms with Gasteiger partial charge in [-0.15, -0.1) is 0 Å². The Labute approximate surface area is 202 Å². The molecule has 4 heterocycles. The maximum atomic E-state index is 13.1. The molecule has 2 N–H and O–H groups in total. The molecule has 188 valence electrons. The van der Waals surface area contributed by atoms with Gasteiger partial charge < -0.3 is 15.0 Å². The summed E-state index contributed by atoms with van der Waals surface area (Å²) in [6, 6.07) is 6.42. The molecule has 36 heavy (non-hydrogen) atoms. The Hall–Kier alpha value is -3.81. The summed E-state index contributed by atoms with van der Waals surface area (Å²) in [5.74, 6) is -1.23. The van der Waals surface area contributed by atoms with E-state index in [4.69, 9.17) is 4.84 Å². The van der Waals surface area contributed by atoms with E-state index >= 15 is 0 Å². The van der Waals surface area contributed by atoms with Gasteiger partial charge in [0.2, 0.25) is 5.95 Å². The van der Waals surface area contributed by atoms with Crippen molar-refractivity contribution in [3.63, 3.8) is 0 Å². The van der Waals surface area contributed by atoms with Crippen LogP contribution in [0.2, 0.25) is 0 Å². The molecular weight excluding hydrogens is 479 g/mol. The fourth-order valence-corrected chi connectivity index (χ4v) is 4.07. The highest BCUT2D eigenvalue weighted by Crippen LogP contribution is 2.30. The number of nitrogens with zero attached hydrogens (tertiary/aromatic N) is 6. The lowest BCUT2D eigenvalue weighted by Gasteiger charge is -2.12. The second kappa shape index (κ2) is 9.00. The van der Waals surface area contributed by atoms with Gasteiger partial charge in [-0.25, -0.2) is 9.67 Å². The molecule has 0 amide bonds. The van der Waals surface area contributed by atoms with Crippen molar-refractivity contribution in [1.29, 1.82) is 0 Å². The van der Waals surface area contributed by atoms with Crippen LogP contribution in [0.4, 0.5) is 24.8 Å². The van der Waals surface area contributed by atoms with Crippen molar-refractivity contribution >= 4 is 28.3 Å². The van der Waals surface area contributed by atoms with E-state index in [0.29, 0.717) is 30.1 Å². The summed E-state index contributed by atoms with van der Waals surface area (Å²) in [4.78, 5) is 26.0. The Morgan fingerprint density at radius 3 is 2.81 bits per heavy atom. The fraction of sp³-hybridized carbons (Fsp3) is 0.304. The quantitative estimate of drug-likeness (QED) is 0.388. The number of nitrogens with one attached hydrogen (secondary N) is 1. The molecule has 5 rings (SSSR count). The van der Waals surface area contributed by atoms with Gasteiger partial charge in [-0.3, -0.25) is 9.63 Å². The first-order valence-electron chi connectivity index (χ1n) is 11.0. The zero-order valence-electron chi connectivity index (χ0n) is 19.3. The van der Waals surface area contributed by atoms with Crippen molar-refractivity contribution in [3.8, 4) is 5.82 Å². The number of rotatable bonds is 6. The third kappa shape index (κ3) is 4.67. The number of hydroxylamine groups is 2. The number of fused-ring (bicyclic) bond motifs is 1. The number of aliphatic hydroxyl groups is 1. The average molecular weight is 501 g/mol. The lowest BCUT2D eigenvalue weighted by atomic mass is 10.1. The molecule has 0 bridgehead atoms. The molecule has 1 atom stereocenters. The average Bonchev–Trinajstić information content (AvgIpc) is 3.50. The van der Waals surface area contributed by atoms with E-state index in [9.17, 15) is 23.1 Å². The second-order valence-electron chi connectivity index (χ2n) is 8.53. The number of hydrogen-bond acceptors (Lipinski definition) is 8. The number of alkyl halides is 3. The maximum Gasteiger partial charge on any atom is 0.454 e. The predicted molar refractivity (Wildman–Crippen MR) is 123 cm³/mol. The summed E-state index contributed by atoms with van der Waals surface area (Å²) in [5, 5.41) is 19.0. The molecule has 0 aliphatic carbocycles. The van der Waals surface area contributed by atoms with Crippen LogP contribution in [0, 0.1) is 6.92 Å². The van der Waals surface area contributed by atoms with Crippen LogP contribution in [0.25, 0.3) is 16.7 Å². The van der Waals surface area contributed by atoms with E-state index in [2.05, 4.69) is 20.4 Å². The summed E-state index contributed by atoms with van der Waals surface area (Å²) in [5.41, 5.74) is 2.14. The lowest BCUT2D eigenvalue weighted by molar-refractivity contribution is -0.118. The topological polar surface area (TPSA) is 110 Å². The van der Waals surface area contributed by atoms with Gasteiger partial charge in [0, 0.05) is 53.9 Å². The van der Waals surface area contributed by atoms with E-state index in [-0.39, 0.29) is 17.9 Å². The zero-order valence-corrected chi connectivity index (χ0v) is 19.3. The summed E-state index contributed by atoms with van der Waals surface area (Å²) in [7, 11) is 1.58. The molecule has 0 radical (unpaired) electrons. The standard InChI is InChI=1S/C23H22F3N7O3/c1-13-14(8-32-10-16(34)12-36-32)9-33(30-13)20-5-6-27-22(29-20)28-15-3-4-19-17(7-15)18(11-31(19)2)21(35)23(24,25)26/h3-7,9,11,16,34H,8,10,12H2,1-2H3,(H,27,28,29)/t16-/m0/s1. The van der Waals surface area contributed by atoms with E-state index in [0.717, 1.165) is 11.3 Å². The largest absolute Gasteiger partial charge is 0.454 e. The summed E-state index contributed by atoms with van der Waals surface area (Å²) < 4.78 is 42.2. The van der Waals surface area contributed by atoms with Crippen molar-refractivity contribution in [2.75, 3.05) is 18.5 Å². The fourth-order valence-electron chi connectivity index (χ4n) is 4.07.